The molecule has 1 N–H and O–H groups in total. The summed E-state index contributed by atoms with van der Waals surface area (Å²) in [6.07, 6.45) is 2.80. The highest BCUT2D eigenvalue weighted by Crippen LogP contribution is 2.30. The summed E-state index contributed by atoms with van der Waals surface area (Å²) in [7, 11) is 3.38. The van der Waals surface area contributed by atoms with Crippen LogP contribution in [0.2, 0.25) is 5.02 Å². The minimum absolute atomic E-state index is 0.0638. The van der Waals surface area contributed by atoms with Gasteiger partial charge < -0.3 is 14.8 Å². The minimum Gasteiger partial charge on any atom is -0.496 e. The second-order valence-electron chi connectivity index (χ2n) is 5.16. The van der Waals surface area contributed by atoms with Gasteiger partial charge in [0.15, 0.2) is 0 Å². The first-order valence-corrected chi connectivity index (χ1v) is 7.08. The van der Waals surface area contributed by atoms with Crippen molar-refractivity contribution in [3.8, 4) is 5.75 Å². The second kappa shape index (κ2) is 8.30. The molecule has 0 aliphatic rings. The molecule has 0 aliphatic heterocycles. The fourth-order valence-electron chi connectivity index (χ4n) is 2.08. The number of hydrogen-bond donors (Lipinski definition) is 1. The van der Waals surface area contributed by atoms with Gasteiger partial charge in [0, 0.05) is 30.6 Å². The highest BCUT2D eigenvalue weighted by molar-refractivity contribution is 6.30. The molecule has 3 nitrogen and oxygen atoms in total. The molecule has 0 amide bonds. The van der Waals surface area contributed by atoms with Gasteiger partial charge in [0.25, 0.3) is 0 Å². The van der Waals surface area contributed by atoms with E-state index < -0.39 is 0 Å². The number of hydrogen-bond acceptors (Lipinski definition) is 3. The molecule has 0 saturated heterocycles. The van der Waals surface area contributed by atoms with Crippen LogP contribution in [0.25, 0.3) is 0 Å². The number of benzene rings is 1. The van der Waals surface area contributed by atoms with E-state index in [1.807, 2.05) is 24.3 Å². The van der Waals surface area contributed by atoms with Gasteiger partial charge in [-0.05, 0) is 30.2 Å². The molecular formula is C16H24ClNO2. The largest absolute Gasteiger partial charge is 0.496 e. The lowest BCUT2D eigenvalue weighted by Crippen LogP contribution is -2.33. The van der Waals surface area contributed by atoms with E-state index >= 15 is 0 Å². The Morgan fingerprint density at radius 2 is 2.15 bits per heavy atom. The first-order chi connectivity index (χ1) is 9.54. The van der Waals surface area contributed by atoms with Crippen molar-refractivity contribution < 1.29 is 9.47 Å². The fourth-order valence-corrected chi connectivity index (χ4v) is 2.27. The van der Waals surface area contributed by atoms with Crippen LogP contribution in [-0.2, 0) is 11.2 Å². The van der Waals surface area contributed by atoms with E-state index in [4.69, 9.17) is 21.1 Å². The monoisotopic (exact) mass is 297 g/mol. The van der Waals surface area contributed by atoms with Gasteiger partial charge in [0.1, 0.15) is 5.75 Å². The topological polar surface area (TPSA) is 30.5 Å². The summed E-state index contributed by atoms with van der Waals surface area (Å²) >= 11 is 6.08. The van der Waals surface area contributed by atoms with Crippen molar-refractivity contribution in [1.29, 1.82) is 0 Å². The molecule has 112 valence electrons. The van der Waals surface area contributed by atoms with Crippen molar-refractivity contribution in [2.24, 2.45) is 5.41 Å². The van der Waals surface area contributed by atoms with Crippen LogP contribution in [0.3, 0.4) is 0 Å². The molecular weight excluding hydrogens is 274 g/mol. The Balaban J connectivity index is 2.76. The molecule has 0 spiro atoms. The Labute approximate surface area is 126 Å². The number of rotatable bonds is 9. The summed E-state index contributed by atoms with van der Waals surface area (Å²) in [5.74, 6) is 0.861. The Kier molecular flexibility index (Phi) is 7.06. The maximum atomic E-state index is 6.08. The Morgan fingerprint density at radius 1 is 1.40 bits per heavy atom. The number of nitrogens with one attached hydrogen (secondary N) is 1. The van der Waals surface area contributed by atoms with Crippen LogP contribution in [-0.4, -0.2) is 33.9 Å². The van der Waals surface area contributed by atoms with Gasteiger partial charge in [0.05, 0.1) is 13.7 Å². The van der Waals surface area contributed by atoms with Crippen LogP contribution in [0.4, 0.5) is 0 Å². The molecule has 1 unspecified atom stereocenters. The molecule has 0 aliphatic carbocycles. The number of halogens is 1. The summed E-state index contributed by atoms with van der Waals surface area (Å²) in [6.45, 7) is 8.48. The summed E-state index contributed by atoms with van der Waals surface area (Å²) in [5.41, 5.74) is 1.03. The summed E-state index contributed by atoms with van der Waals surface area (Å²) in [5, 5.41) is 4.10. The van der Waals surface area contributed by atoms with Crippen LogP contribution in [0.1, 0.15) is 12.5 Å². The minimum atomic E-state index is -0.0638. The molecule has 4 heteroatoms. The summed E-state index contributed by atoms with van der Waals surface area (Å²) < 4.78 is 10.4. The first-order valence-electron chi connectivity index (χ1n) is 6.70. The second-order valence-corrected chi connectivity index (χ2v) is 5.60. The highest BCUT2D eigenvalue weighted by atomic mass is 35.5. The molecule has 1 rings (SSSR count). The Morgan fingerprint density at radius 3 is 2.75 bits per heavy atom. The Hall–Kier alpha value is -1.03. The third-order valence-electron chi connectivity index (χ3n) is 3.34. The number of ether oxygens (including phenoxy) is 2. The lowest BCUT2D eigenvalue weighted by molar-refractivity contribution is 0.195. The van der Waals surface area contributed by atoms with Crippen molar-refractivity contribution in [2.45, 2.75) is 13.3 Å². The molecule has 0 bridgehead atoms. The van der Waals surface area contributed by atoms with Gasteiger partial charge in [-0.3, -0.25) is 0 Å². The van der Waals surface area contributed by atoms with E-state index in [-0.39, 0.29) is 5.41 Å². The van der Waals surface area contributed by atoms with Gasteiger partial charge in [-0.1, -0.05) is 24.6 Å². The van der Waals surface area contributed by atoms with Crippen molar-refractivity contribution >= 4 is 11.6 Å². The van der Waals surface area contributed by atoms with Crippen LogP contribution in [0.5, 0.6) is 5.75 Å². The zero-order valence-corrected chi connectivity index (χ0v) is 13.3. The number of methoxy groups -OCH3 is 2. The molecule has 0 radical (unpaired) electrons. The predicted octanol–water partition coefficient (Wildman–Crippen LogP) is 3.32. The maximum absolute atomic E-state index is 6.08. The average molecular weight is 298 g/mol. The lowest BCUT2D eigenvalue weighted by atomic mass is 9.83. The lowest BCUT2D eigenvalue weighted by Gasteiger charge is -2.27. The quantitative estimate of drug-likeness (QED) is 0.560. The van der Waals surface area contributed by atoms with Gasteiger partial charge in [-0.25, -0.2) is 0 Å². The van der Waals surface area contributed by atoms with Gasteiger partial charge in [-0.15, -0.1) is 6.58 Å². The van der Waals surface area contributed by atoms with Crippen LogP contribution < -0.4 is 10.1 Å². The van der Waals surface area contributed by atoms with Gasteiger partial charge in [-0.2, -0.15) is 0 Å². The third kappa shape index (κ3) is 5.16. The van der Waals surface area contributed by atoms with E-state index in [9.17, 15) is 0 Å². The van der Waals surface area contributed by atoms with E-state index in [1.54, 1.807) is 14.2 Å². The molecule has 1 aromatic carbocycles. The van der Waals surface area contributed by atoms with E-state index in [0.29, 0.717) is 6.61 Å². The van der Waals surface area contributed by atoms with Crippen LogP contribution >= 0.6 is 11.6 Å². The van der Waals surface area contributed by atoms with E-state index in [2.05, 4.69) is 18.8 Å². The third-order valence-corrected chi connectivity index (χ3v) is 3.58. The zero-order chi connectivity index (χ0) is 15.0. The SMILES string of the molecule is C=CC(C)(CNCCOC)Cc1cc(Cl)ccc1OC. The average Bonchev–Trinajstić information content (AvgIpc) is 2.44. The van der Waals surface area contributed by atoms with Crippen LogP contribution in [0.15, 0.2) is 30.9 Å². The fraction of sp³-hybridized carbons (Fsp3) is 0.500. The molecule has 0 aromatic heterocycles. The van der Waals surface area contributed by atoms with Crippen molar-refractivity contribution in [1.82, 2.24) is 5.32 Å². The molecule has 1 aromatic rings. The summed E-state index contributed by atoms with van der Waals surface area (Å²) in [6, 6.07) is 5.70. The molecule has 0 saturated carbocycles. The first kappa shape index (κ1) is 17.0. The molecule has 1 atom stereocenters. The zero-order valence-electron chi connectivity index (χ0n) is 12.5. The maximum Gasteiger partial charge on any atom is 0.122 e. The van der Waals surface area contributed by atoms with Gasteiger partial charge in [0.2, 0.25) is 0 Å². The van der Waals surface area contributed by atoms with E-state index in [0.717, 1.165) is 35.8 Å². The van der Waals surface area contributed by atoms with Crippen molar-refractivity contribution in [3.05, 3.63) is 41.4 Å². The standard InChI is InChI=1S/C16H24ClNO2/c1-5-16(2,12-18-8-9-19-3)11-13-10-14(17)6-7-15(13)20-4/h5-7,10,18H,1,8-9,11-12H2,2-4H3. The van der Waals surface area contributed by atoms with Crippen LogP contribution in [0, 0.1) is 5.41 Å². The smallest absolute Gasteiger partial charge is 0.122 e. The van der Waals surface area contributed by atoms with E-state index in [1.165, 1.54) is 0 Å². The van der Waals surface area contributed by atoms with Crippen molar-refractivity contribution in [3.63, 3.8) is 0 Å². The normalized spacial score (nSPS) is 13.8. The Bertz CT molecular complexity index is 436. The molecule has 20 heavy (non-hydrogen) atoms. The van der Waals surface area contributed by atoms with Gasteiger partial charge >= 0.3 is 0 Å². The predicted molar refractivity (Wildman–Crippen MR) is 84.8 cm³/mol. The highest BCUT2D eigenvalue weighted by Gasteiger charge is 2.22. The molecule has 0 fully saturated rings. The summed E-state index contributed by atoms with van der Waals surface area (Å²) in [4.78, 5) is 0. The van der Waals surface area contributed by atoms with Crippen molar-refractivity contribution in [2.75, 3.05) is 33.9 Å². The molecule has 0 heterocycles.